The average molecular weight is 515 g/mol. The van der Waals surface area contributed by atoms with Crippen LogP contribution in [0.2, 0.25) is 0 Å². The van der Waals surface area contributed by atoms with Gasteiger partial charge in [-0.25, -0.2) is 0 Å². The maximum atomic E-state index is 4.62. The lowest BCUT2D eigenvalue weighted by Gasteiger charge is -2.25. The summed E-state index contributed by atoms with van der Waals surface area (Å²) in [4.78, 5) is 7.14. The summed E-state index contributed by atoms with van der Waals surface area (Å²) in [6.07, 6.45) is 8.30. The molecule has 38 heavy (non-hydrogen) atoms. The van der Waals surface area contributed by atoms with E-state index in [2.05, 4.69) is 98.5 Å². The molecular formula is C34H50N4. The lowest BCUT2D eigenvalue weighted by Crippen LogP contribution is -2.33. The molecule has 0 bridgehead atoms. The number of anilines is 2. The highest BCUT2D eigenvalue weighted by Gasteiger charge is 2.13. The van der Waals surface area contributed by atoms with Crippen molar-refractivity contribution in [3.63, 3.8) is 0 Å². The number of pyridine rings is 1. The zero-order valence-corrected chi connectivity index (χ0v) is 24.8. The average Bonchev–Trinajstić information content (AvgIpc) is 2.97. The van der Waals surface area contributed by atoms with Gasteiger partial charge in [0.1, 0.15) is 0 Å². The van der Waals surface area contributed by atoms with Crippen LogP contribution in [-0.2, 0) is 45.1 Å². The molecule has 0 unspecified atom stereocenters. The molecule has 0 saturated heterocycles. The summed E-state index contributed by atoms with van der Waals surface area (Å²) in [5.41, 5.74) is 12.5. The Bertz CT molecular complexity index is 1000. The lowest BCUT2D eigenvalue weighted by molar-refractivity contribution is 0.283. The van der Waals surface area contributed by atoms with Crippen molar-refractivity contribution in [3.8, 4) is 0 Å². The zero-order valence-electron chi connectivity index (χ0n) is 24.8. The van der Waals surface area contributed by atoms with Crippen LogP contribution in [0.3, 0.4) is 0 Å². The number of rotatable bonds is 16. The highest BCUT2D eigenvalue weighted by molar-refractivity contribution is 5.60. The summed E-state index contributed by atoms with van der Waals surface area (Å²) in [5.74, 6) is 0. The monoisotopic (exact) mass is 514 g/mol. The second-order valence-corrected chi connectivity index (χ2v) is 10.2. The predicted octanol–water partition coefficient (Wildman–Crippen LogP) is 7.48. The molecule has 0 atom stereocenters. The summed E-state index contributed by atoms with van der Waals surface area (Å²) in [7, 11) is 0. The van der Waals surface area contributed by atoms with Gasteiger partial charge in [-0.3, -0.25) is 9.88 Å². The van der Waals surface area contributed by atoms with Gasteiger partial charge in [-0.05, 0) is 84.0 Å². The molecule has 206 valence electrons. The molecule has 0 aliphatic carbocycles. The van der Waals surface area contributed by atoms with E-state index in [1.54, 1.807) is 0 Å². The van der Waals surface area contributed by atoms with Crippen LogP contribution in [-0.4, -0.2) is 36.1 Å². The molecule has 0 radical (unpaired) electrons. The Morgan fingerprint density at radius 3 is 1.39 bits per heavy atom. The summed E-state index contributed by atoms with van der Waals surface area (Å²) in [5, 5.41) is 7.65. The van der Waals surface area contributed by atoms with Crippen LogP contribution in [0.1, 0.15) is 80.6 Å². The van der Waals surface area contributed by atoms with E-state index < -0.39 is 0 Å². The molecular weight excluding hydrogens is 464 g/mol. The Hall–Kier alpha value is -2.85. The standard InChI is InChI=1S/C34H50N4/c1-7-26-21-28(9-3)33(29(10-4)22-26)36-17-19-38(25-32-15-13-14-16-35-32)20-18-37-34-30(11-5)23-27(8-2)24-31(34)12-6/h13-16,21-24,36-37H,7-12,17-20,25H2,1-6H3. The highest BCUT2D eigenvalue weighted by Crippen LogP contribution is 2.26. The van der Waals surface area contributed by atoms with Crippen LogP contribution in [0.25, 0.3) is 0 Å². The number of nitrogens with one attached hydrogen (secondary N) is 2. The Morgan fingerprint density at radius 1 is 0.605 bits per heavy atom. The fourth-order valence-corrected chi connectivity index (χ4v) is 5.33. The third kappa shape index (κ3) is 8.07. The second kappa shape index (κ2) is 15.5. The van der Waals surface area contributed by atoms with Gasteiger partial charge in [0, 0.05) is 50.3 Å². The molecule has 0 aliphatic heterocycles. The highest BCUT2D eigenvalue weighted by atomic mass is 15.2. The number of aromatic nitrogens is 1. The maximum absolute atomic E-state index is 4.62. The Balaban J connectivity index is 1.71. The molecule has 0 aliphatic rings. The first-order valence-corrected chi connectivity index (χ1v) is 15.0. The fourth-order valence-electron chi connectivity index (χ4n) is 5.33. The first kappa shape index (κ1) is 29.7. The quantitative estimate of drug-likeness (QED) is 0.208. The van der Waals surface area contributed by atoms with E-state index in [0.717, 1.165) is 76.9 Å². The lowest BCUT2D eigenvalue weighted by atomic mass is 9.98. The second-order valence-electron chi connectivity index (χ2n) is 10.2. The van der Waals surface area contributed by atoms with E-state index in [4.69, 9.17) is 0 Å². The minimum absolute atomic E-state index is 0.857. The van der Waals surface area contributed by atoms with Crippen molar-refractivity contribution in [1.29, 1.82) is 0 Å². The topological polar surface area (TPSA) is 40.2 Å². The molecule has 2 N–H and O–H groups in total. The number of hydrogen-bond acceptors (Lipinski definition) is 4. The van der Waals surface area contributed by atoms with Crippen LogP contribution in [0.15, 0.2) is 48.7 Å². The minimum atomic E-state index is 0.857. The number of hydrogen-bond donors (Lipinski definition) is 2. The third-order valence-corrected chi connectivity index (χ3v) is 7.63. The van der Waals surface area contributed by atoms with E-state index in [1.807, 2.05) is 12.3 Å². The van der Waals surface area contributed by atoms with Crippen molar-refractivity contribution < 1.29 is 0 Å². The first-order valence-electron chi connectivity index (χ1n) is 15.0. The van der Waals surface area contributed by atoms with Crippen molar-refractivity contribution in [2.75, 3.05) is 36.8 Å². The third-order valence-electron chi connectivity index (χ3n) is 7.63. The van der Waals surface area contributed by atoms with Crippen molar-refractivity contribution >= 4 is 11.4 Å². The van der Waals surface area contributed by atoms with E-state index in [0.29, 0.717) is 0 Å². The van der Waals surface area contributed by atoms with Crippen LogP contribution < -0.4 is 10.6 Å². The first-order chi connectivity index (χ1) is 18.6. The molecule has 3 rings (SSSR count). The Kier molecular flexibility index (Phi) is 12.1. The largest absolute Gasteiger partial charge is 0.383 e. The molecule has 1 heterocycles. The molecule has 3 aromatic rings. The van der Waals surface area contributed by atoms with Crippen molar-refractivity contribution in [2.45, 2.75) is 86.6 Å². The van der Waals surface area contributed by atoms with Gasteiger partial charge in [0.15, 0.2) is 0 Å². The summed E-state index contributed by atoms with van der Waals surface area (Å²) in [6, 6.07) is 15.8. The molecule has 4 nitrogen and oxygen atoms in total. The fraction of sp³-hybridized carbons (Fsp3) is 0.500. The molecule has 4 heteroatoms. The summed E-state index contributed by atoms with van der Waals surface area (Å²) >= 11 is 0. The van der Waals surface area contributed by atoms with Gasteiger partial charge in [0.2, 0.25) is 0 Å². The van der Waals surface area contributed by atoms with Crippen LogP contribution in [0, 0.1) is 0 Å². The molecule has 0 spiro atoms. The number of aryl methyl sites for hydroxylation is 6. The summed E-state index contributed by atoms with van der Waals surface area (Å²) in [6.45, 7) is 18.2. The maximum Gasteiger partial charge on any atom is 0.0543 e. The van der Waals surface area contributed by atoms with Gasteiger partial charge in [-0.1, -0.05) is 71.9 Å². The van der Waals surface area contributed by atoms with Gasteiger partial charge >= 0.3 is 0 Å². The van der Waals surface area contributed by atoms with E-state index >= 15 is 0 Å². The molecule has 2 aromatic carbocycles. The SMILES string of the molecule is CCc1cc(CC)c(NCCN(CCNc2c(CC)cc(CC)cc2CC)Cc2ccccn2)c(CC)c1. The van der Waals surface area contributed by atoms with Crippen molar-refractivity contribution in [1.82, 2.24) is 9.88 Å². The van der Waals surface area contributed by atoms with Crippen LogP contribution in [0.4, 0.5) is 11.4 Å². The van der Waals surface area contributed by atoms with Gasteiger partial charge in [-0.15, -0.1) is 0 Å². The Morgan fingerprint density at radius 2 is 1.05 bits per heavy atom. The van der Waals surface area contributed by atoms with Gasteiger partial charge in [-0.2, -0.15) is 0 Å². The van der Waals surface area contributed by atoms with E-state index in [-0.39, 0.29) is 0 Å². The van der Waals surface area contributed by atoms with E-state index in [9.17, 15) is 0 Å². The zero-order chi connectivity index (χ0) is 27.3. The smallest absolute Gasteiger partial charge is 0.0543 e. The van der Waals surface area contributed by atoms with Crippen LogP contribution in [0.5, 0.6) is 0 Å². The van der Waals surface area contributed by atoms with Crippen molar-refractivity contribution in [3.05, 3.63) is 87.7 Å². The van der Waals surface area contributed by atoms with Gasteiger partial charge in [0.25, 0.3) is 0 Å². The van der Waals surface area contributed by atoms with Crippen molar-refractivity contribution in [2.24, 2.45) is 0 Å². The Labute approximate surface area is 232 Å². The molecule has 0 fully saturated rings. The normalized spacial score (nSPS) is 11.2. The number of benzene rings is 2. The predicted molar refractivity (Wildman–Crippen MR) is 166 cm³/mol. The minimum Gasteiger partial charge on any atom is -0.383 e. The molecule has 0 saturated carbocycles. The summed E-state index contributed by atoms with van der Waals surface area (Å²) < 4.78 is 0. The van der Waals surface area contributed by atoms with E-state index in [1.165, 1.54) is 44.8 Å². The van der Waals surface area contributed by atoms with Gasteiger partial charge in [0.05, 0.1) is 5.69 Å². The molecule has 1 aromatic heterocycles. The molecule has 0 amide bonds. The van der Waals surface area contributed by atoms with Crippen LogP contribution >= 0.6 is 0 Å². The number of nitrogens with zero attached hydrogens (tertiary/aromatic N) is 2. The van der Waals surface area contributed by atoms with Gasteiger partial charge < -0.3 is 10.6 Å².